The fourth-order valence-corrected chi connectivity index (χ4v) is 1.91. The molecule has 1 amide bonds. The number of hydrogen-bond donors (Lipinski definition) is 2. The molecule has 0 unspecified atom stereocenters. The van der Waals surface area contributed by atoms with E-state index in [1.54, 1.807) is 6.07 Å². The lowest BCUT2D eigenvalue weighted by Crippen LogP contribution is -2.15. The van der Waals surface area contributed by atoms with E-state index in [0.717, 1.165) is 25.8 Å². The second-order valence-electron chi connectivity index (χ2n) is 4.86. The monoisotopic (exact) mass is 302 g/mol. The van der Waals surface area contributed by atoms with Gasteiger partial charge in [0, 0.05) is 18.4 Å². The first-order valence-electron chi connectivity index (χ1n) is 7.33. The summed E-state index contributed by atoms with van der Waals surface area (Å²) in [5, 5.41) is 5.69. The SMILES string of the molecule is CCCCCNc1nccc(C(=O)Nc2cccc(F)c2)n1. The van der Waals surface area contributed by atoms with Crippen LogP contribution in [-0.4, -0.2) is 22.4 Å². The number of aromatic nitrogens is 2. The predicted molar refractivity (Wildman–Crippen MR) is 84.4 cm³/mol. The van der Waals surface area contributed by atoms with Crippen LogP contribution in [0.2, 0.25) is 0 Å². The molecule has 1 aromatic carbocycles. The Balaban J connectivity index is 1.97. The number of amides is 1. The second kappa shape index (κ2) is 8.07. The normalized spacial score (nSPS) is 10.3. The van der Waals surface area contributed by atoms with Crippen molar-refractivity contribution < 1.29 is 9.18 Å². The third-order valence-electron chi connectivity index (χ3n) is 3.03. The summed E-state index contributed by atoms with van der Waals surface area (Å²) in [6.45, 7) is 2.90. The van der Waals surface area contributed by atoms with Crippen molar-refractivity contribution >= 4 is 17.5 Å². The minimum absolute atomic E-state index is 0.234. The van der Waals surface area contributed by atoms with Crippen molar-refractivity contribution in [1.29, 1.82) is 0 Å². The topological polar surface area (TPSA) is 66.9 Å². The van der Waals surface area contributed by atoms with Gasteiger partial charge in [-0.3, -0.25) is 4.79 Å². The maximum Gasteiger partial charge on any atom is 0.274 e. The summed E-state index contributed by atoms with van der Waals surface area (Å²) in [5.41, 5.74) is 0.623. The average molecular weight is 302 g/mol. The van der Waals surface area contributed by atoms with E-state index in [9.17, 15) is 9.18 Å². The van der Waals surface area contributed by atoms with Gasteiger partial charge in [-0.2, -0.15) is 0 Å². The van der Waals surface area contributed by atoms with Gasteiger partial charge >= 0.3 is 0 Å². The van der Waals surface area contributed by atoms with E-state index in [0.29, 0.717) is 11.6 Å². The highest BCUT2D eigenvalue weighted by molar-refractivity contribution is 6.02. The van der Waals surface area contributed by atoms with E-state index in [4.69, 9.17) is 0 Å². The van der Waals surface area contributed by atoms with Crippen LogP contribution in [0.5, 0.6) is 0 Å². The molecular formula is C16H19FN4O. The van der Waals surface area contributed by atoms with Crippen LogP contribution in [0.4, 0.5) is 16.0 Å². The van der Waals surface area contributed by atoms with Crippen molar-refractivity contribution in [3.05, 3.63) is 48.0 Å². The number of carbonyl (C=O) groups is 1. The fraction of sp³-hybridized carbons (Fsp3) is 0.312. The molecule has 1 heterocycles. The molecule has 0 spiro atoms. The lowest BCUT2D eigenvalue weighted by atomic mass is 10.2. The van der Waals surface area contributed by atoms with Gasteiger partial charge in [0.25, 0.3) is 5.91 Å². The van der Waals surface area contributed by atoms with Gasteiger partial charge in [-0.25, -0.2) is 14.4 Å². The molecule has 116 valence electrons. The standard InChI is InChI=1S/C16H19FN4O/c1-2-3-4-9-18-16-19-10-8-14(21-16)15(22)20-13-7-5-6-12(17)11-13/h5-8,10-11H,2-4,9H2,1H3,(H,20,22)(H,18,19,21). The van der Waals surface area contributed by atoms with Gasteiger partial charge < -0.3 is 10.6 Å². The quantitative estimate of drug-likeness (QED) is 0.769. The molecule has 2 aromatic rings. The van der Waals surface area contributed by atoms with Crippen LogP contribution in [0.3, 0.4) is 0 Å². The molecule has 0 bridgehead atoms. The van der Waals surface area contributed by atoms with Gasteiger partial charge in [-0.15, -0.1) is 0 Å². The zero-order chi connectivity index (χ0) is 15.8. The smallest absolute Gasteiger partial charge is 0.274 e. The molecule has 0 aliphatic heterocycles. The molecule has 0 saturated carbocycles. The maximum absolute atomic E-state index is 13.1. The second-order valence-corrected chi connectivity index (χ2v) is 4.86. The van der Waals surface area contributed by atoms with Crippen LogP contribution < -0.4 is 10.6 Å². The maximum atomic E-state index is 13.1. The molecule has 6 heteroatoms. The van der Waals surface area contributed by atoms with Crippen molar-refractivity contribution in [2.45, 2.75) is 26.2 Å². The summed E-state index contributed by atoms with van der Waals surface area (Å²) in [5.74, 6) is -0.383. The van der Waals surface area contributed by atoms with Gasteiger partial charge in [0.2, 0.25) is 5.95 Å². The third-order valence-corrected chi connectivity index (χ3v) is 3.03. The summed E-state index contributed by atoms with van der Waals surface area (Å²) in [6.07, 6.45) is 4.82. The van der Waals surface area contributed by atoms with Gasteiger partial charge in [0.15, 0.2) is 0 Å². The number of anilines is 2. The van der Waals surface area contributed by atoms with Crippen molar-refractivity contribution in [2.24, 2.45) is 0 Å². The molecule has 0 aliphatic carbocycles. The molecule has 0 fully saturated rings. The highest BCUT2D eigenvalue weighted by Gasteiger charge is 2.09. The molecule has 2 N–H and O–H groups in total. The van der Waals surface area contributed by atoms with Gasteiger partial charge in [-0.1, -0.05) is 25.8 Å². The minimum atomic E-state index is -0.404. The summed E-state index contributed by atoms with van der Waals surface area (Å²) in [7, 11) is 0. The third kappa shape index (κ3) is 4.80. The van der Waals surface area contributed by atoms with Crippen LogP contribution in [-0.2, 0) is 0 Å². The number of halogens is 1. The number of nitrogens with one attached hydrogen (secondary N) is 2. The highest BCUT2D eigenvalue weighted by Crippen LogP contribution is 2.11. The number of benzene rings is 1. The Kier molecular flexibility index (Phi) is 5.82. The van der Waals surface area contributed by atoms with Crippen LogP contribution in [0, 0.1) is 5.82 Å². The first kappa shape index (κ1) is 15.9. The summed E-state index contributed by atoms with van der Waals surface area (Å²) < 4.78 is 13.1. The van der Waals surface area contributed by atoms with E-state index in [-0.39, 0.29) is 5.69 Å². The summed E-state index contributed by atoms with van der Waals surface area (Å²) in [6, 6.07) is 7.24. The molecule has 0 atom stereocenters. The van der Waals surface area contributed by atoms with Crippen LogP contribution in [0.15, 0.2) is 36.5 Å². The Morgan fingerprint density at radius 1 is 1.27 bits per heavy atom. The van der Waals surface area contributed by atoms with Crippen LogP contribution in [0.25, 0.3) is 0 Å². The first-order valence-corrected chi connectivity index (χ1v) is 7.33. The Morgan fingerprint density at radius 3 is 2.91 bits per heavy atom. The van der Waals surface area contributed by atoms with Gasteiger partial charge in [0.05, 0.1) is 0 Å². The molecule has 0 saturated heterocycles. The van der Waals surface area contributed by atoms with E-state index in [1.165, 1.54) is 30.5 Å². The Labute approximate surface area is 129 Å². The molecule has 2 rings (SSSR count). The molecule has 0 aliphatic rings. The largest absolute Gasteiger partial charge is 0.354 e. The average Bonchev–Trinajstić information content (AvgIpc) is 2.52. The zero-order valence-corrected chi connectivity index (χ0v) is 12.5. The lowest BCUT2D eigenvalue weighted by molar-refractivity contribution is 0.102. The van der Waals surface area contributed by atoms with E-state index in [1.807, 2.05) is 0 Å². The van der Waals surface area contributed by atoms with Crippen molar-refractivity contribution in [3.63, 3.8) is 0 Å². The van der Waals surface area contributed by atoms with Crippen molar-refractivity contribution in [2.75, 3.05) is 17.2 Å². The predicted octanol–water partition coefficient (Wildman–Crippen LogP) is 3.47. The van der Waals surface area contributed by atoms with Gasteiger partial charge in [0.1, 0.15) is 11.5 Å². The van der Waals surface area contributed by atoms with E-state index in [2.05, 4.69) is 27.5 Å². The molecule has 22 heavy (non-hydrogen) atoms. The van der Waals surface area contributed by atoms with E-state index >= 15 is 0 Å². The Morgan fingerprint density at radius 2 is 2.14 bits per heavy atom. The summed E-state index contributed by atoms with van der Waals surface area (Å²) >= 11 is 0. The van der Waals surface area contributed by atoms with Crippen molar-refractivity contribution in [3.8, 4) is 0 Å². The zero-order valence-electron chi connectivity index (χ0n) is 12.5. The van der Waals surface area contributed by atoms with E-state index < -0.39 is 11.7 Å². The van der Waals surface area contributed by atoms with Crippen LogP contribution in [0.1, 0.15) is 36.7 Å². The highest BCUT2D eigenvalue weighted by atomic mass is 19.1. The Hall–Kier alpha value is -2.50. The number of carbonyl (C=O) groups excluding carboxylic acids is 1. The van der Waals surface area contributed by atoms with Crippen LogP contribution >= 0.6 is 0 Å². The Bertz CT molecular complexity index is 633. The lowest BCUT2D eigenvalue weighted by Gasteiger charge is -2.07. The minimum Gasteiger partial charge on any atom is -0.354 e. The number of rotatable bonds is 7. The molecule has 5 nitrogen and oxygen atoms in total. The summed E-state index contributed by atoms with van der Waals surface area (Å²) in [4.78, 5) is 20.3. The van der Waals surface area contributed by atoms with Gasteiger partial charge in [-0.05, 0) is 30.7 Å². The molecule has 0 radical (unpaired) electrons. The number of nitrogens with zero attached hydrogens (tertiary/aromatic N) is 2. The molecule has 1 aromatic heterocycles. The fourth-order valence-electron chi connectivity index (χ4n) is 1.91. The first-order chi connectivity index (χ1) is 10.7. The number of unbranched alkanes of at least 4 members (excludes halogenated alkanes) is 2. The molecular weight excluding hydrogens is 283 g/mol. The van der Waals surface area contributed by atoms with Crippen molar-refractivity contribution in [1.82, 2.24) is 9.97 Å². The number of hydrogen-bond acceptors (Lipinski definition) is 4.